The summed E-state index contributed by atoms with van der Waals surface area (Å²) < 4.78 is 1.70. The van der Waals surface area contributed by atoms with Gasteiger partial charge in [0.25, 0.3) is 0 Å². The first-order chi connectivity index (χ1) is 10.1. The normalized spacial score (nSPS) is 10.8. The number of aryl methyl sites for hydroxylation is 1. The summed E-state index contributed by atoms with van der Waals surface area (Å²) in [6, 6.07) is 7.36. The van der Waals surface area contributed by atoms with Crippen molar-refractivity contribution in [2.45, 2.75) is 39.2 Å². The first kappa shape index (κ1) is 15.5. The Morgan fingerprint density at radius 2 is 2.00 bits per heavy atom. The molecule has 1 N–H and O–H groups in total. The lowest BCUT2D eigenvalue weighted by Gasteiger charge is -2.07. The molecule has 0 atom stereocenters. The van der Waals surface area contributed by atoms with Gasteiger partial charge in [0.2, 0.25) is 0 Å². The van der Waals surface area contributed by atoms with Gasteiger partial charge in [-0.1, -0.05) is 48.7 Å². The van der Waals surface area contributed by atoms with Crippen molar-refractivity contribution >= 4 is 17.6 Å². The summed E-state index contributed by atoms with van der Waals surface area (Å²) in [4.78, 5) is 11.3. The molecule has 21 heavy (non-hydrogen) atoms. The summed E-state index contributed by atoms with van der Waals surface area (Å²) in [6.45, 7) is 2.82. The lowest BCUT2D eigenvalue weighted by Crippen LogP contribution is -2.09. The molecule has 1 aromatic heterocycles. The monoisotopic (exact) mass is 307 g/mol. The lowest BCUT2D eigenvalue weighted by atomic mass is 10.1. The second-order valence-electron chi connectivity index (χ2n) is 4.92. The standard InChI is InChI=1S/C15H18ClN3O2/c1-2-3-4-9-19-13(14(15(20)21)17-18-19)10-11-5-7-12(16)8-6-11/h5-8H,2-4,9-10H2,1H3,(H,20,21). The van der Waals surface area contributed by atoms with E-state index in [1.54, 1.807) is 16.8 Å². The molecule has 0 aliphatic rings. The quantitative estimate of drug-likeness (QED) is 0.796. The Bertz CT molecular complexity index is 608. The zero-order valence-electron chi connectivity index (χ0n) is 11.9. The van der Waals surface area contributed by atoms with Crippen LogP contribution in [0.1, 0.15) is 47.9 Å². The number of hydrogen-bond acceptors (Lipinski definition) is 3. The fourth-order valence-corrected chi connectivity index (χ4v) is 2.29. The maximum atomic E-state index is 11.3. The molecule has 0 radical (unpaired) electrons. The highest BCUT2D eigenvalue weighted by molar-refractivity contribution is 6.30. The summed E-state index contributed by atoms with van der Waals surface area (Å²) >= 11 is 5.87. The van der Waals surface area contributed by atoms with Gasteiger partial charge in [0, 0.05) is 18.0 Å². The Labute approximate surface area is 128 Å². The maximum Gasteiger partial charge on any atom is 0.358 e. The molecule has 6 heteroatoms. The number of hydrogen-bond donors (Lipinski definition) is 1. The number of aromatic carboxylic acids is 1. The van der Waals surface area contributed by atoms with E-state index in [0.29, 0.717) is 23.7 Å². The summed E-state index contributed by atoms with van der Waals surface area (Å²) in [6.07, 6.45) is 3.64. The van der Waals surface area contributed by atoms with E-state index in [0.717, 1.165) is 24.8 Å². The van der Waals surface area contributed by atoms with E-state index in [9.17, 15) is 9.90 Å². The minimum Gasteiger partial charge on any atom is -0.476 e. The van der Waals surface area contributed by atoms with Crippen molar-refractivity contribution in [2.24, 2.45) is 0 Å². The highest BCUT2D eigenvalue weighted by Gasteiger charge is 2.19. The molecule has 0 aliphatic heterocycles. The largest absolute Gasteiger partial charge is 0.476 e. The van der Waals surface area contributed by atoms with Gasteiger partial charge in [0.05, 0.1) is 5.69 Å². The third-order valence-electron chi connectivity index (χ3n) is 3.30. The van der Waals surface area contributed by atoms with Crippen LogP contribution in [0.4, 0.5) is 0 Å². The average molecular weight is 308 g/mol. The third kappa shape index (κ3) is 4.04. The molecule has 0 bridgehead atoms. The molecular formula is C15H18ClN3O2. The molecule has 1 heterocycles. The molecule has 0 saturated heterocycles. The molecule has 2 aromatic rings. The molecule has 1 aromatic carbocycles. The second-order valence-corrected chi connectivity index (χ2v) is 5.36. The van der Waals surface area contributed by atoms with Gasteiger partial charge < -0.3 is 5.11 Å². The van der Waals surface area contributed by atoms with Crippen LogP contribution in [0.15, 0.2) is 24.3 Å². The zero-order chi connectivity index (χ0) is 15.2. The molecule has 0 amide bonds. The number of halogens is 1. The number of nitrogens with zero attached hydrogens (tertiary/aromatic N) is 3. The molecule has 5 nitrogen and oxygen atoms in total. The zero-order valence-corrected chi connectivity index (χ0v) is 12.7. The lowest BCUT2D eigenvalue weighted by molar-refractivity contribution is 0.0689. The molecule has 0 unspecified atom stereocenters. The number of carbonyl (C=O) groups is 1. The fraction of sp³-hybridized carbons (Fsp3) is 0.400. The van der Waals surface area contributed by atoms with Crippen LogP contribution in [0.2, 0.25) is 5.02 Å². The van der Waals surface area contributed by atoms with E-state index in [1.165, 1.54) is 0 Å². The Morgan fingerprint density at radius 3 is 2.62 bits per heavy atom. The van der Waals surface area contributed by atoms with Crippen LogP contribution in [0.3, 0.4) is 0 Å². The van der Waals surface area contributed by atoms with Crippen molar-refractivity contribution < 1.29 is 9.90 Å². The van der Waals surface area contributed by atoms with Crippen molar-refractivity contribution in [3.63, 3.8) is 0 Å². The smallest absolute Gasteiger partial charge is 0.358 e. The number of unbranched alkanes of at least 4 members (excludes halogenated alkanes) is 2. The Hall–Kier alpha value is -1.88. The summed E-state index contributed by atoms with van der Waals surface area (Å²) in [7, 11) is 0. The van der Waals surface area contributed by atoms with Gasteiger partial charge in [0.1, 0.15) is 0 Å². The molecular weight excluding hydrogens is 290 g/mol. The molecule has 0 aliphatic carbocycles. The topological polar surface area (TPSA) is 68.0 Å². The van der Waals surface area contributed by atoms with Crippen molar-refractivity contribution in [1.29, 1.82) is 0 Å². The van der Waals surface area contributed by atoms with E-state index < -0.39 is 5.97 Å². The molecule has 0 saturated carbocycles. The molecule has 0 fully saturated rings. The predicted octanol–water partition coefficient (Wildman–Crippen LogP) is 3.41. The Morgan fingerprint density at radius 1 is 1.29 bits per heavy atom. The van der Waals surface area contributed by atoms with Gasteiger partial charge in [-0.05, 0) is 24.1 Å². The minimum atomic E-state index is -1.04. The van der Waals surface area contributed by atoms with E-state index in [-0.39, 0.29) is 5.69 Å². The van der Waals surface area contributed by atoms with E-state index in [2.05, 4.69) is 17.2 Å². The van der Waals surface area contributed by atoms with E-state index in [4.69, 9.17) is 11.6 Å². The van der Waals surface area contributed by atoms with Crippen LogP contribution in [0.25, 0.3) is 0 Å². The summed E-state index contributed by atoms with van der Waals surface area (Å²) in [5, 5.41) is 17.7. The van der Waals surface area contributed by atoms with Gasteiger partial charge in [-0.15, -0.1) is 5.10 Å². The van der Waals surface area contributed by atoms with E-state index in [1.807, 2.05) is 12.1 Å². The van der Waals surface area contributed by atoms with E-state index >= 15 is 0 Å². The number of aromatic nitrogens is 3. The van der Waals surface area contributed by atoms with Gasteiger partial charge >= 0.3 is 5.97 Å². The molecule has 0 spiro atoms. The fourth-order valence-electron chi connectivity index (χ4n) is 2.16. The first-order valence-electron chi connectivity index (χ1n) is 7.02. The summed E-state index contributed by atoms with van der Waals surface area (Å²) in [5.74, 6) is -1.04. The van der Waals surface area contributed by atoms with Crippen molar-refractivity contribution in [3.8, 4) is 0 Å². The van der Waals surface area contributed by atoms with Crippen LogP contribution >= 0.6 is 11.6 Å². The second kappa shape index (κ2) is 7.22. The van der Waals surface area contributed by atoms with Gasteiger partial charge in [-0.3, -0.25) is 0 Å². The third-order valence-corrected chi connectivity index (χ3v) is 3.55. The average Bonchev–Trinajstić information content (AvgIpc) is 2.85. The van der Waals surface area contributed by atoms with Gasteiger partial charge in [0.15, 0.2) is 5.69 Å². The van der Waals surface area contributed by atoms with Crippen molar-refractivity contribution in [3.05, 3.63) is 46.2 Å². The van der Waals surface area contributed by atoms with Crippen molar-refractivity contribution in [1.82, 2.24) is 15.0 Å². The van der Waals surface area contributed by atoms with Crippen LogP contribution in [-0.2, 0) is 13.0 Å². The number of carboxylic acid groups (broad SMARTS) is 1. The minimum absolute atomic E-state index is 0.0291. The Kier molecular flexibility index (Phi) is 5.33. The van der Waals surface area contributed by atoms with Crippen molar-refractivity contribution in [2.75, 3.05) is 0 Å². The number of carboxylic acids is 1. The Balaban J connectivity index is 2.23. The molecule has 112 valence electrons. The predicted molar refractivity (Wildman–Crippen MR) is 80.8 cm³/mol. The number of rotatable bonds is 7. The first-order valence-corrected chi connectivity index (χ1v) is 7.39. The van der Waals surface area contributed by atoms with Gasteiger partial charge in [-0.2, -0.15) is 0 Å². The highest BCUT2D eigenvalue weighted by atomic mass is 35.5. The van der Waals surface area contributed by atoms with Crippen LogP contribution < -0.4 is 0 Å². The highest BCUT2D eigenvalue weighted by Crippen LogP contribution is 2.16. The van der Waals surface area contributed by atoms with Gasteiger partial charge in [-0.25, -0.2) is 9.48 Å². The number of benzene rings is 1. The SMILES string of the molecule is CCCCCn1nnc(C(=O)O)c1Cc1ccc(Cl)cc1. The molecule has 2 rings (SSSR count). The van der Waals surface area contributed by atoms with Crippen LogP contribution in [-0.4, -0.2) is 26.1 Å². The van der Waals surface area contributed by atoms with Crippen LogP contribution in [0, 0.1) is 0 Å². The summed E-state index contributed by atoms with van der Waals surface area (Å²) in [5.41, 5.74) is 1.66. The maximum absolute atomic E-state index is 11.3. The van der Waals surface area contributed by atoms with Crippen LogP contribution in [0.5, 0.6) is 0 Å².